The van der Waals surface area contributed by atoms with E-state index in [1.165, 1.54) is 21.6 Å². The molecular weight excluding hydrogens is 218 g/mol. The summed E-state index contributed by atoms with van der Waals surface area (Å²) in [5.74, 6) is 0. The van der Waals surface area contributed by atoms with Crippen LogP contribution in [0.15, 0.2) is 35.7 Å². The Labute approximate surface area is 98.1 Å². The molecule has 1 aliphatic heterocycles. The zero-order valence-corrected chi connectivity index (χ0v) is 9.54. The topological polar surface area (TPSA) is 20.3 Å². The van der Waals surface area contributed by atoms with Crippen molar-refractivity contribution in [2.45, 2.75) is 13.1 Å². The van der Waals surface area contributed by atoms with Gasteiger partial charge in [-0.05, 0) is 34.2 Å². The monoisotopic (exact) mass is 229 g/mol. The molecule has 0 saturated heterocycles. The van der Waals surface area contributed by atoms with Crippen molar-refractivity contribution >= 4 is 17.7 Å². The van der Waals surface area contributed by atoms with Crippen LogP contribution >= 0.6 is 11.3 Å². The molecule has 0 N–H and O–H groups in total. The predicted molar refractivity (Wildman–Crippen MR) is 65.1 cm³/mol. The standard InChI is InChI=1S/C13H11NOS/c15-9-14-7-11-4-3-10(6-12(11)8-14)13-2-1-5-16-13/h1-6,9H,7-8H2. The summed E-state index contributed by atoms with van der Waals surface area (Å²) in [4.78, 5) is 13.8. The van der Waals surface area contributed by atoms with E-state index in [0.717, 1.165) is 19.5 Å². The number of nitrogens with zero attached hydrogens (tertiary/aromatic N) is 1. The highest BCUT2D eigenvalue weighted by molar-refractivity contribution is 7.13. The van der Waals surface area contributed by atoms with E-state index < -0.39 is 0 Å². The molecule has 0 saturated carbocycles. The van der Waals surface area contributed by atoms with E-state index in [0.29, 0.717) is 0 Å². The van der Waals surface area contributed by atoms with Gasteiger partial charge in [0.1, 0.15) is 0 Å². The minimum Gasteiger partial charge on any atom is -0.337 e. The number of benzene rings is 1. The molecule has 1 aliphatic rings. The van der Waals surface area contributed by atoms with Crippen molar-refractivity contribution in [2.75, 3.05) is 0 Å². The first kappa shape index (κ1) is 9.60. The molecule has 0 spiro atoms. The Morgan fingerprint density at radius 2 is 2.06 bits per heavy atom. The molecule has 2 heterocycles. The van der Waals surface area contributed by atoms with Crippen LogP contribution in [0.1, 0.15) is 11.1 Å². The minimum atomic E-state index is 0.748. The predicted octanol–water partition coefficient (Wildman–Crippen LogP) is 2.89. The minimum absolute atomic E-state index is 0.748. The maximum absolute atomic E-state index is 10.7. The summed E-state index contributed by atoms with van der Waals surface area (Å²) in [5.41, 5.74) is 3.80. The molecule has 0 radical (unpaired) electrons. The molecule has 0 aliphatic carbocycles. The van der Waals surface area contributed by atoms with Gasteiger partial charge in [-0.3, -0.25) is 4.79 Å². The highest BCUT2D eigenvalue weighted by Crippen LogP contribution is 2.30. The SMILES string of the molecule is O=CN1Cc2ccc(-c3cccs3)cc2C1. The third kappa shape index (κ3) is 1.53. The van der Waals surface area contributed by atoms with Crippen molar-refractivity contribution in [3.05, 3.63) is 46.8 Å². The maximum atomic E-state index is 10.7. The van der Waals surface area contributed by atoms with E-state index in [2.05, 4.69) is 35.7 Å². The summed E-state index contributed by atoms with van der Waals surface area (Å²) in [6.45, 7) is 1.50. The van der Waals surface area contributed by atoms with E-state index in [1.807, 2.05) is 0 Å². The maximum Gasteiger partial charge on any atom is 0.210 e. The average molecular weight is 229 g/mol. The Kier molecular flexibility index (Phi) is 2.26. The van der Waals surface area contributed by atoms with E-state index in [-0.39, 0.29) is 0 Å². The molecule has 0 unspecified atom stereocenters. The quantitative estimate of drug-likeness (QED) is 0.725. The second-order valence-electron chi connectivity index (χ2n) is 3.97. The van der Waals surface area contributed by atoms with Gasteiger partial charge in [0.05, 0.1) is 0 Å². The molecule has 3 rings (SSSR count). The first-order chi connectivity index (χ1) is 7.86. The molecule has 1 aromatic carbocycles. The van der Waals surface area contributed by atoms with Crippen LogP contribution in [0, 0.1) is 0 Å². The van der Waals surface area contributed by atoms with Gasteiger partial charge in [0.15, 0.2) is 0 Å². The Hall–Kier alpha value is -1.61. The Morgan fingerprint density at radius 1 is 1.19 bits per heavy atom. The Balaban J connectivity index is 1.99. The summed E-state index contributed by atoms with van der Waals surface area (Å²) < 4.78 is 0. The third-order valence-electron chi connectivity index (χ3n) is 2.91. The van der Waals surface area contributed by atoms with E-state index in [1.54, 1.807) is 16.2 Å². The smallest absolute Gasteiger partial charge is 0.210 e. The number of rotatable bonds is 2. The van der Waals surface area contributed by atoms with Gasteiger partial charge in [-0.1, -0.05) is 18.2 Å². The van der Waals surface area contributed by atoms with Gasteiger partial charge in [-0.15, -0.1) is 11.3 Å². The Morgan fingerprint density at radius 3 is 2.81 bits per heavy atom. The highest BCUT2D eigenvalue weighted by atomic mass is 32.1. The fourth-order valence-electron chi connectivity index (χ4n) is 2.09. The third-order valence-corrected chi connectivity index (χ3v) is 3.83. The lowest BCUT2D eigenvalue weighted by atomic mass is 10.1. The van der Waals surface area contributed by atoms with Gasteiger partial charge in [0.2, 0.25) is 6.41 Å². The van der Waals surface area contributed by atoms with Crippen molar-refractivity contribution in [3.8, 4) is 10.4 Å². The molecule has 0 fully saturated rings. The first-order valence-corrected chi connectivity index (χ1v) is 6.10. The molecule has 1 amide bonds. The van der Waals surface area contributed by atoms with Crippen LogP contribution in [0.4, 0.5) is 0 Å². The molecule has 3 heteroatoms. The number of amides is 1. The lowest BCUT2D eigenvalue weighted by Crippen LogP contribution is -2.12. The van der Waals surface area contributed by atoms with E-state index in [4.69, 9.17) is 0 Å². The van der Waals surface area contributed by atoms with Crippen molar-refractivity contribution in [1.29, 1.82) is 0 Å². The lowest BCUT2D eigenvalue weighted by Gasteiger charge is -2.04. The summed E-state index contributed by atoms with van der Waals surface area (Å²) in [5, 5.41) is 2.08. The molecule has 2 nitrogen and oxygen atoms in total. The second kappa shape index (κ2) is 3.76. The average Bonchev–Trinajstić information content (AvgIpc) is 2.96. The van der Waals surface area contributed by atoms with Gasteiger partial charge in [0.25, 0.3) is 0 Å². The summed E-state index contributed by atoms with van der Waals surface area (Å²) in [7, 11) is 0. The number of hydrogen-bond donors (Lipinski definition) is 0. The number of carbonyl (C=O) groups is 1. The molecule has 16 heavy (non-hydrogen) atoms. The molecule has 2 aromatic rings. The van der Waals surface area contributed by atoms with E-state index >= 15 is 0 Å². The molecular formula is C13H11NOS. The van der Waals surface area contributed by atoms with Gasteiger partial charge in [-0.25, -0.2) is 0 Å². The summed E-state index contributed by atoms with van der Waals surface area (Å²) in [6.07, 6.45) is 0.921. The zero-order chi connectivity index (χ0) is 11.0. The largest absolute Gasteiger partial charge is 0.337 e. The van der Waals surface area contributed by atoms with Gasteiger partial charge in [0, 0.05) is 18.0 Å². The van der Waals surface area contributed by atoms with Crippen molar-refractivity contribution in [2.24, 2.45) is 0 Å². The molecule has 80 valence electrons. The number of fused-ring (bicyclic) bond motifs is 1. The number of thiophene rings is 1. The first-order valence-electron chi connectivity index (χ1n) is 5.22. The van der Waals surface area contributed by atoms with Crippen LogP contribution in [-0.2, 0) is 17.9 Å². The molecule has 0 atom stereocenters. The molecule has 0 bridgehead atoms. The summed E-state index contributed by atoms with van der Waals surface area (Å²) in [6, 6.07) is 10.7. The van der Waals surface area contributed by atoms with Gasteiger partial charge < -0.3 is 4.90 Å². The van der Waals surface area contributed by atoms with Crippen LogP contribution in [-0.4, -0.2) is 11.3 Å². The zero-order valence-electron chi connectivity index (χ0n) is 8.72. The number of hydrogen-bond acceptors (Lipinski definition) is 2. The van der Waals surface area contributed by atoms with Crippen LogP contribution in [0.2, 0.25) is 0 Å². The van der Waals surface area contributed by atoms with Gasteiger partial charge >= 0.3 is 0 Å². The van der Waals surface area contributed by atoms with Crippen LogP contribution in [0.3, 0.4) is 0 Å². The molecule has 1 aromatic heterocycles. The van der Waals surface area contributed by atoms with Gasteiger partial charge in [-0.2, -0.15) is 0 Å². The second-order valence-corrected chi connectivity index (χ2v) is 4.92. The fourth-order valence-corrected chi connectivity index (χ4v) is 2.82. The van der Waals surface area contributed by atoms with Crippen LogP contribution < -0.4 is 0 Å². The fraction of sp³-hybridized carbons (Fsp3) is 0.154. The normalized spacial score (nSPS) is 13.9. The number of carbonyl (C=O) groups excluding carboxylic acids is 1. The highest BCUT2D eigenvalue weighted by Gasteiger charge is 2.17. The van der Waals surface area contributed by atoms with Crippen molar-refractivity contribution in [1.82, 2.24) is 4.90 Å². The van der Waals surface area contributed by atoms with Crippen LogP contribution in [0.5, 0.6) is 0 Å². The van der Waals surface area contributed by atoms with Crippen molar-refractivity contribution < 1.29 is 4.79 Å². The van der Waals surface area contributed by atoms with Crippen LogP contribution in [0.25, 0.3) is 10.4 Å². The van der Waals surface area contributed by atoms with Crippen molar-refractivity contribution in [3.63, 3.8) is 0 Å². The lowest BCUT2D eigenvalue weighted by molar-refractivity contribution is -0.118. The summed E-state index contributed by atoms with van der Waals surface area (Å²) >= 11 is 1.74. The van der Waals surface area contributed by atoms with E-state index in [9.17, 15) is 4.79 Å². The Bertz CT molecular complexity index is 519.